The number of carbonyl (C=O) groups excluding carboxylic acids is 1. The molecule has 0 saturated carbocycles. The maximum atomic E-state index is 12.1. The van der Waals surface area contributed by atoms with Crippen LogP contribution in [0.5, 0.6) is 0 Å². The lowest BCUT2D eigenvalue weighted by Crippen LogP contribution is -2.23. The van der Waals surface area contributed by atoms with E-state index in [0.717, 1.165) is 16.0 Å². The minimum atomic E-state index is -0.162. The van der Waals surface area contributed by atoms with Crippen molar-refractivity contribution in [1.82, 2.24) is 5.32 Å². The summed E-state index contributed by atoms with van der Waals surface area (Å²) in [7, 11) is 0. The molecule has 1 amide bonds. The van der Waals surface area contributed by atoms with E-state index in [4.69, 9.17) is 5.11 Å². The van der Waals surface area contributed by atoms with E-state index in [2.05, 4.69) is 17.2 Å². The first kappa shape index (κ1) is 14.3. The Labute approximate surface area is 122 Å². The monoisotopic (exact) mass is 285 g/mol. The van der Waals surface area contributed by atoms with Crippen molar-refractivity contribution in [2.45, 2.75) is 13.5 Å². The van der Waals surface area contributed by atoms with Crippen LogP contribution < -0.4 is 5.32 Å². The van der Waals surface area contributed by atoms with E-state index in [1.165, 1.54) is 0 Å². The van der Waals surface area contributed by atoms with Crippen LogP contribution >= 0.6 is 11.3 Å². The molecule has 102 valence electrons. The number of aliphatic hydroxyl groups excluding tert-OH is 1. The third kappa shape index (κ3) is 3.47. The number of carbonyl (C=O) groups is 1. The second-order valence-electron chi connectivity index (χ2n) is 4.21. The molecule has 1 aromatic carbocycles. The zero-order chi connectivity index (χ0) is 14.4. The van der Waals surface area contributed by atoms with Crippen LogP contribution in [0.3, 0.4) is 0 Å². The van der Waals surface area contributed by atoms with Crippen molar-refractivity contribution >= 4 is 17.2 Å². The molecular formula is C16H15NO2S. The maximum absolute atomic E-state index is 12.1. The number of hydrogen-bond acceptors (Lipinski definition) is 3. The smallest absolute Gasteiger partial charge is 0.251 e. The summed E-state index contributed by atoms with van der Waals surface area (Å²) < 4.78 is 0. The zero-order valence-electron chi connectivity index (χ0n) is 11.1. The second kappa shape index (κ2) is 6.90. The van der Waals surface area contributed by atoms with Gasteiger partial charge in [-0.3, -0.25) is 4.79 Å². The van der Waals surface area contributed by atoms with E-state index in [0.29, 0.717) is 12.1 Å². The SMILES string of the molecule is Cc1ccccc1C(=O)NCc1sccc1C#CCO. The summed E-state index contributed by atoms with van der Waals surface area (Å²) in [6.07, 6.45) is 0. The van der Waals surface area contributed by atoms with Crippen molar-refractivity contribution in [1.29, 1.82) is 0 Å². The van der Waals surface area contributed by atoms with Crippen molar-refractivity contribution in [3.8, 4) is 11.8 Å². The van der Waals surface area contributed by atoms with Crippen LogP contribution in [-0.4, -0.2) is 17.6 Å². The largest absolute Gasteiger partial charge is 0.384 e. The van der Waals surface area contributed by atoms with Crippen LogP contribution in [0.4, 0.5) is 0 Å². The van der Waals surface area contributed by atoms with Crippen LogP contribution in [-0.2, 0) is 6.54 Å². The Morgan fingerprint density at radius 3 is 2.90 bits per heavy atom. The van der Waals surface area contributed by atoms with Crippen molar-refractivity contribution in [2.24, 2.45) is 0 Å². The van der Waals surface area contributed by atoms with Crippen molar-refractivity contribution in [3.05, 3.63) is 57.3 Å². The highest BCUT2D eigenvalue weighted by Gasteiger charge is 2.09. The van der Waals surface area contributed by atoms with Gasteiger partial charge in [0, 0.05) is 16.0 Å². The highest BCUT2D eigenvalue weighted by atomic mass is 32.1. The molecule has 2 N–H and O–H groups in total. The van der Waals surface area contributed by atoms with E-state index in [-0.39, 0.29) is 12.5 Å². The molecule has 0 radical (unpaired) electrons. The standard InChI is InChI=1S/C16H15NO2S/c1-12-5-2-3-7-14(12)16(19)17-11-15-13(6-4-9-18)8-10-20-15/h2-3,5,7-8,10,18H,9,11H2,1H3,(H,17,19). The fraction of sp³-hybridized carbons (Fsp3) is 0.188. The summed E-state index contributed by atoms with van der Waals surface area (Å²) in [5.41, 5.74) is 2.50. The first-order chi connectivity index (χ1) is 9.72. The molecule has 0 atom stereocenters. The summed E-state index contributed by atoms with van der Waals surface area (Å²) >= 11 is 1.54. The van der Waals surface area contributed by atoms with Gasteiger partial charge in [-0.2, -0.15) is 0 Å². The van der Waals surface area contributed by atoms with Gasteiger partial charge in [-0.1, -0.05) is 30.0 Å². The number of aryl methyl sites for hydroxylation is 1. The summed E-state index contributed by atoms with van der Waals surface area (Å²) in [4.78, 5) is 13.1. The third-order valence-electron chi connectivity index (χ3n) is 2.85. The molecule has 0 aliphatic rings. The minimum Gasteiger partial charge on any atom is -0.384 e. The molecule has 0 saturated heterocycles. The first-order valence-corrected chi connectivity index (χ1v) is 7.10. The first-order valence-electron chi connectivity index (χ1n) is 6.22. The fourth-order valence-corrected chi connectivity index (χ4v) is 2.58. The van der Waals surface area contributed by atoms with Crippen LogP contribution in [0.15, 0.2) is 35.7 Å². The molecule has 3 nitrogen and oxygen atoms in total. The van der Waals surface area contributed by atoms with Gasteiger partial charge < -0.3 is 10.4 Å². The molecule has 2 aromatic rings. The number of hydrogen-bond donors (Lipinski definition) is 2. The summed E-state index contributed by atoms with van der Waals surface area (Å²) in [6.45, 7) is 2.20. The maximum Gasteiger partial charge on any atom is 0.251 e. The van der Waals surface area contributed by atoms with Gasteiger partial charge in [0.05, 0.1) is 6.54 Å². The van der Waals surface area contributed by atoms with Gasteiger partial charge in [0.1, 0.15) is 6.61 Å². The number of amides is 1. The van der Waals surface area contributed by atoms with Crippen LogP contribution in [0.1, 0.15) is 26.4 Å². The molecule has 0 aliphatic carbocycles. The van der Waals surface area contributed by atoms with Gasteiger partial charge in [-0.05, 0) is 30.0 Å². The number of rotatable bonds is 3. The Morgan fingerprint density at radius 2 is 2.15 bits per heavy atom. The molecule has 0 spiro atoms. The third-order valence-corrected chi connectivity index (χ3v) is 3.77. The normalized spacial score (nSPS) is 9.70. The lowest BCUT2D eigenvalue weighted by Gasteiger charge is -2.06. The highest BCUT2D eigenvalue weighted by Crippen LogP contribution is 2.16. The van der Waals surface area contributed by atoms with Crippen molar-refractivity contribution in [3.63, 3.8) is 0 Å². The molecule has 0 unspecified atom stereocenters. The molecule has 0 aliphatic heterocycles. The highest BCUT2D eigenvalue weighted by molar-refractivity contribution is 7.10. The Hall–Kier alpha value is -2.09. The van der Waals surface area contributed by atoms with E-state index in [9.17, 15) is 4.79 Å². The van der Waals surface area contributed by atoms with E-state index >= 15 is 0 Å². The topological polar surface area (TPSA) is 49.3 Å². The average molecular weight is 285 g/mol. The Kier molecular flexibility index (Phi) is 4.94. The van der Waals surface area contributed by atoms with Gasteiger partial charge >= 0.3 is 0 Å². The lowest BCUT2D eigenvalue weighted by molar-refractivity contribution is 0.0950. The van der Waals surface area contributed by atoms with E-state index in [1.807, 2.05) is 42.6 Å². The molecule has 0 bridgehead atoms. The quantitative estimate of drug-likeness (QED) is 0.850. The van der Waals surface area contributed by atoms with E-state index in [1.54, 1.807) is 11.3 Å². The lowest BCUT2D eigenvalue weighted by atomic mass is 10.1. The van der Waals surface area contributed by atoms with Gasteiger partial charge in [-0.25, -0.2) is 0 Å². The van der Waals surface area contributed by atoms with Crippen molar-refractivity contribution < 1.29 is 9.90 Å². The van der Waals surface area contributed by atoms with Crippen LogP contribution in [0, 0.1) is 18.8 Å². The van der Waals surface area contributed by atoms with E-state index < -0.39 is 0 Å². The molecule has 2 rings (SSSR count). The Morgan fingerprint density at radius 1 is 1.35 bits per heavy atom. The predicted molar refractivity (Wildman–Crippen MR) is 80.6 cm³/mol. The van der Waals surface area contributed by atoms with Crippen molar-refractivity contribution in [2.75, 3.05) is 6.61 Å². The predicted octanol–water partition coefficient (Wildman–Crippen LogP) is 2.33. The molecule has 20 heavy (non-hydrogen) atoms. The minimum absolute atomic E-state index is 0.0856. The van der Waals surface area contributed by atoms with Gasteiger partial charge in [0.15, 0.2) is 0 Å². The molecule has 4 heteroatoms. The number of nitrogens with one attached hydrogen (secondary N) is 1. The Balaban J connectivity index is 2.04. The van der Waals surface area contributed by atoms with Gasteiger partial charge in [-0.15, -0.1) is 11.3 Å². The van der Waals surface area contributed by atoms with Gasteiger partial charge in [0.25, 0.3) is 5.91 Å². The number of benzene rings is 1. The number of thiophene rings is 1. The zero-order valence-corrected chi connectivity index (χ0v) is 12.0. The van der Waals surface area contributed by atoms with Crippen LogP contribution in [0.25, 0.3) is 0 Å². The fourth-order valence-electron chi connectivity index (χ4n) is 1.81. The van der Waals surface area contributed by atoms with Gasteiger partial charge in [0.2, 0.25) is 0 Å². The Bertz CT molecular complexity index is 664. The second-order valence-corrected chi connectivity index (χ2v) is 5.22. The molecular weight excluding hydrogens is 270 g/mol. The summed E-state index contributed by atoms with van der Waals surface area (Å²) in [5.74, 6) is 5.41. The molecule has 1 heterocycles. The summed E-state index contributed by atoms with van der Waals surface area (Å²) in [6, 6.07) is 9.38. The number of aliphatic hydroxyl groups is 1. The molecule has 0 fully saturated rings. The molecule has 1 aromatic heterocycles. The average Bonchev–Trinajstić information content (AvgIpc) is 2.90. The van der Waals surface area contributed by atoms with Crippen LogP contribution in [0.2, 0.25) is 0 Å². The summed E-state index contributed by atoms with van der Waals surface area (Å²) in [5, 5.41) is 13.5.